The van der Waals surface area contributed by atoms with Crippen molar-refractivity contribution in [3.63, 3.8) is 0 Å². The van der Waals surface area contributed by atoms with Crippen LogP contribution >= 0.6 is 12.6 Å². The molecular weight excluding hydrogens is 973 g/mol. The lowest BCUT2D eigenvalue weighted by Gasteiger charge is -2.24. The third kappa shape index (κ3) is 11.6. The summed E-state index contributed by atoms with van der Waals surface area (Å²) in [5.74, 6) is 1.90. The van der Waals surface area contributed by atoms with Gasteiger partial charge in [0.1, 0.15) is 5.75 Å². The molecule has 0 atom stereocenters. The van der Waals surface area contributed by atoms with Crippen LogP contribution in [0.15, 0.2) is 158 Å². The van der Waals surface area contributed by atoms with Gasteiger partial charge in [0.25, 0.3) is 0 Å². The molecule has 0 N–H and O–H groups in total. The van der Waals surface area contributed by atoms with E-state index in [4.69, 9.17) is 4.74 Å². The SMILES string of the molecule is Cc1cc(C)c(B(c2ccc(-c3ccc4c(c3)c3cc(-c5ccc(B(c6c(C)cc(C)cc6C)c6c(C)cc(C)cc6C)cc5)ccc3n4-c3ccc(OCCCCCCCCS)cc3)cc2)c2c(C)cc(C)cc2C)c(C)c1. The summed E-state index contributed by atoms with van der Waals surface area (Å²) in [5, 5.41) is 2.46. The molecule has 0 aliphatic carbocycles. The molecule has 0 spiro atoms. The summed E-state index contributed by atoms with van der Waals surface area (Å²) in [6.45, 7) is 28.1. The molecule has 2 nitrogen and oxygen atoms in total. The molecule has 0 fully saturated rings. The summed E-state index contributed by atoms with van der Waals surface area (Å²) >= 11 is 4.37. The van der Waals surface area contributed by atoms with E-state index in [0.717, 1.165) is 30.2 Å². The number of unbranched alkanes of at least 4 members (excludes halogenated alkanes) is 5. The monoisotopic (exact) mass is 1050 g/mol. The molecule has 0 bridgehead atoms. The van der Waals surface area contributed by atoms with Crippen molar-refractivity contribution in [3.05, 3.63) is 224 Å². The minimum Gasteiger partial charge on any atom is -0.494 e. The summed E-state index contributed by atoms with van der Waals surface area (Å²) < 4.78 is 8.74. The zero-order chi connectivity index (χ0) is 55.6. The van der Waals surface area contributed by atoms with E-state index in [0.29, 0.717) is 0 Å². The minimum atomic E-state index is 0.121. The molecule has 0 aliphatic rings. The predicted molar refractivity (Wildman–Crippen MR) is 351 cm³/mol. The van der Waals surface area contributed by atoms with Crippen LogP contribution in [0.3, 0.4) is 0 Å². The van der Waals surface area contributed by atoms with Crippen LogP contribution in [0.1, 0.15) is 105 Å². The molecule has 0 saturated carbocycles. The van der Waals surface area contributed by atoms with Gasteiger partial charge in [-0.15, -0.1) is 0 Å². The summed E-state index contributed by atoms with van der Waals surface area (Å²) in [4.78, 5) is 0. The van der Waals surface area contributed by atoms with Crippen molar-refractivity contribution in [1.82, 2.24) is 4.57 Å². The smallest absolute Gasteiger partial charge is 0.242 e. The number of aromatic nitrogens is 1. The maximum atomic E-state index is 6.30. The van der Waals surface area contributed by atoms with Crippen LogP contribution < -0.4 is 37.5 Å². The highest BCUT2D eigenvalue weighted by Gasteiger charge is 2.30. The second kappa shape index (κ2) is 23.8. The van der Waals surface area contributed by atoms with Crippen molar-refractivity contribution >= 4 is 80.6 Å². The van der Waals surface area contributed by atoms with E-state index in [1.807, 2.05) is 0 Å². The number of hydrogen-bond acceptors (Lipinski definition) is 2. The molecule has 0 unspecified atom stereocenters. The van der Waals surface area contributed by atoms with E-state index in [2.05, 4.69) is 258 Å². The number of nitrogens with zero attached hydrogens (tertiary/aromatic N) is 1. The number of thiol groups is 1. The maximum absolute atomic E-state index is 6.30. The van der Waals surface area contributed by atoms with Gasteiger partial charge in [0.2, 0.25) is 13.4 Å². The van der Waals surface area contributed by atoms with Gasteiger partial charge in [-0.25, -0.2) is 0 Å². The van der Waals surface area contributed by atoms with Gasteiger partial charge in [0, 0.05) is 16.5 Å². The van der Waals surface area contributed by atoms with Gasteiger partial charge in [-0.3, -0.25) is 0 Å². The highest BCUT2D eigenvalue weighted by Crippen LogP contribution is 2.38. The zero-order valence-electron chi connectivity index (χ0n) is 49.1. The van der Waals surface area contributed by atoms with Crippen molar-refractivity contribution in [2.24, 2.45) is 0 Å². The Morgan fingerprint density at radius 1 is 0.342 bits per heavy atom. The number of benzene rings is 9. The predicted octanol–water partition coefficient (Wildman–Crippen LogP) is 15.5. The second-order valence-electron chi connectivity index (χ2n) is 23.3. The Kier molecular flexibility index (Phi) is 16.7. The van der Waals surface area contributed by atoms with Gasteiger partial charge in [0.05, 0.1) is 17.6 Å². The van der Waals surface area contributed by atoms with Crippen LogP contribution in [-0.4, -0.2) is 30.4 Å². The first-order valence-corrected chi connectivity index (χ1v) is 29.7. The van der Waals surface area contributed by atoms with E-state index in [9.17, 15) is 0 Å². The Labute approximate surface area is 479 Å². The molecule has 0 aliphatic heterocycles. The normalized spacial score (nSPS) is 11.5. The van der Waals surface area contributed by atoms with Gasteiger partial charge in [0.15, 0.2) is 0 Å². The van der Waals surface area contributed by atoms with Crippen LogP contribution in [0.5, 0.6) is 5.75 Å². The molecule has 10 aromatic rings. The van der Waals surface area contributed by atoms with Crippen molar-refractivity contribution in [1.29, 1.82) is 0 Å². The lowest BCUT2D eigenvalue weighted by atomic mass is 9.34. The molecule has 1 heterocycles. The van der Waals surface area contributed by atoms with Crippen molar-refractivity contribution in [3.8, 4) is 33.7 Å². The number of hydrogen-bond donors (Lipinski definition) is 1. The minimum absolute atomic E-state index is 0.121. The largest absolute Gasteiger partial charge is 0.494 e. The Balaban J connectivity index is 1.05. The molecule has 0 radical (unpaired) electrons. The lowest BCUT2D eigenvalue weighted by Crippen LogP contribution is -2.55. The van der Waals surface area contributed by atoms with Crippen molar-refractivity contribution in [2.75, 3.05) is 12.4 Å². The molecule has 79 heavy (non-hydrogen) atoms. The van der Waals surface area contributed by atoms with Gasteiger partial charge >= 0.3 is 0 Å². The van der Waals surface area contributed by atoms with E-state index >= 15 is 0 Å². The first kappa shape index (κ1) is 55.4. The number of rotatable bonds is 18. The van der Waals surface area contributed by atoms with Gasteiger partial charge in [-0.1, -0.05) is 234 Å². The van der Waals surface area contributed by atoms with E-state index in [1.54, 1.807) is 0 Å². The summed E-state index contributed by atoms with van der Waals surface area (Å²) in [6.07, 6.45) is 7.28. The fraction of sp³-hybridized carbons (Fsp3) is 0.270. The van der Waals surface area contributed by atoms with Gasteiger partial charge < -0.3 is 9.30 Å². The average Bonchev–Trinajstić information content (AvgIpc) is 3.84. The first-order chi connectivity index (χ1) is 38.1. The molecule has 5 heteroatoms. The number of fused-ring (bicyclic) bond motifs is 3. The zero-order valence-corrected chi connectivity index (χ0v) is 50.0. The number of aryl methyl sites for hydroxylation is 12. The van der Waals surface area contributed by atoms with Crippen molar-refractivity contribution < 1.29 is 4.74 Å². The molecule has 10 rings (SSSR count). The number of ether oxygens (including phenoxy) is 1. The van der Waals surface area contributed by atoms with Crippen LogP contribution in [0, 0.1) is 83.1 Å². The lowest BCUT2D eigenvalue weighted by molar-refractivity contribution is 0.304. The van der Waals surface area contributed by atoms with Gasteiger partial charge in [-0.2, -0.15) is 12.6 Å². The topological polar surface area (TPSA) is 14.2 Å². The molecule has 9 aromatic carbocycles. The van der Waals surface area contributed by atoms with Crippen LogP contribution in [-0.2, 0) is 0 Å². The Morgan fingerprint density at radius 3 is 1.00 bits per heavy atom. The highest BCUT2D eigenvalue weighted by atomic mass is 32.1. The first-order valence-electron chi connectivity index (χ1n) is 29.0. The standard InChI is InChI=1S/C74H79B2NOS/c1-47-37-51(5)71(52(6)38-47)75(72-53(7)39-48(2)40-54(72)8)63-25-19-59(20-26-63)61-23-33-69-67(45-61)68-46-62(24-34-70(68)77(69)65-29-31-66(32-30-65)78-35-17-15-13-14-16-18-36-79)60-21-27-64(28-22-60)76(73-55(9)41-49(3)42-56(73)10)74-57(11)43-50(4)44-58(74)12/h19-34,37-46,79H,13-18,35-36H2,1-12H3. The molecule has 0 amide bonds. The fourth-order valence-corrected chi connectivity index (χ4v) is 14.0. The Morgan fingerprint density at radius 2 is 0.658 bits per heavy atom. The van der Waals surface area contributed by atoms with Crippen LogP contribution in [0.2, 0.25) is 0 Å². The summed E-state index contributed by atoms with van der Waals surface area (Å²) in [5.41, 5.74) is 32.5. The van der Waals surface area contributed by atoms with Crippen molar-refractivity contribution in [2.45, 2.75) is 122 Å². The van der Waals surface area contributed by atoms with E-state index < -0.39 is 0 Å². The summed E-state index contributed by atoms with van der Waals surface area (Å²) in [7, 11) is 0. The maximum Gasteiger partial charge on any atom is 0.242 e. The molecule has 398 valence electrons. The molecular formula is C74H79B2NOS. The van der Waals surface area contributed by atoms with Crippen LogP contribution in [0.25, 0.3) is 49.7 Å². The van der Waals surface area contributed by atoms with Crippen LogP contribution in [0.4, 0.5) is 0 Å². The second-order valence-corrected chi connectivity index (χ2v) is 23.8. The summed E-state index contributed by atoms with van der Waals surface area (Å²) in [6, 6.07) is 60.6. The molecule has 1 aromatic heterocycles. The van der Waals surface area contributed by atoms with E-state index in [-0.39, 0.29) is 13.4 Å². The molecule has 0 saturated heterocycles. The quantitative estimate of drug-likeness (QED) is 0.0514. The fourth-order valence-electron chi connectivity index (χ4n) is 13.7. The third-order valence-electron chi connectivity index (χ3n) is 16.9. The Hall–Kier alpha value is -6.94. The van der Waals surface area contributed by atoms with Gasteiger partial charge in [-0.05, 0) is 172 Å². The highest BCUT2D eigenvalue weighted by molar-refractivity contribution is 7.80. The Bertz CT molecular complexity index is 3420. The van der Waals surface area contributed by atoms with E-state index in [1.165, 1.54) is 176 Å². The third-order valence-corrected chi connectivity index (χ3v) is 17.3. The average molecular weight is 1050 g/mol.